The summed E-state index contributed by atoms with van der Waals surface area (Å²) in [6.45, 7) is 0.659. The van der Waals surface area contributed by atoms with E-state index in [9.17, 15) is 4.79 Å². The number of carbonyl (C=O) groups is 1. The zero-order valence-corrected chi connectivity index (χ0v) is 12.4. The van der Waals surface area contributed by atoms with Crippen molar-refractivity contribution in [2.45, 2.75) is 6.42 Å². The average Bonchev–Trinajstić information content (AvgIpc) is 2.81. The Morgan fingerprint density at radius 1 is 1.37 bits per heavy atom. The van der Waals surface area contributed by atoms with Gasteiger partial charge in [-0.05, 0) is 34.0 Å². The highest BCUT2D eigenvalue weighted by atomic mass is 79.9. The van der Waals surface area contributed by atoms with Gasteiger partial charge in [-0.3, -0.25) is 14.8 Å². The predicted molar refractivity (Wildman–Crippen MR) is 78.4 cm³/mol. The zero-order chi connectivity index (χ0) is 13.4. The van der Waals surface area contributed by atoms with Crippen LogP contribution in [0.1, 0.15) is 6.42 Å². The lowest BCUT2D eigenvalue weighted by Gasteiger charge is -2.18. The van der Waals surface area contributed by atoms with Crippen molar-refractivity contribution in [3.63, 3.8) is 0 Å². The van der Waals surface area contributed by atoms with Gasteiger partial charge in [0.05, 0.1) is 15.7 Å². The molecule has 2 heterocycles. The second kappa shape index (κ2) is 5.06. The number of rotatable bonds is 2. The van der Waals surface area contributed by atoms with Gasteiger partial charge in [-0.1, -0.05) is 0 Å². The largest absolute Gasteiger partial charge is 0.311 e. The average molecular weight is 341 g/mol. The fourth-order valence-electron chi connectivity index (χ4n) is 2.32. The summed E-state index contributed by atoms with van der Waals surface area (Å²) in [6, 6.07) is 3.78. The Morgan fingerprint density at radius 3 is 2.89 bits per heavy atom. The van der Waals surface area contributed by atoms with Crippen LogP contribution in [0.4, 0.5) is 5.69 Å². The van der Waals surface area contributed by atoms with Crippen molar-refractivity contribution in [1.82, 2.24) is 9.97 Å². The van der Waals surface area contributed by atoms with Gasteiger partial charge >= 0.3 is 0 Å². The number of nitrogens with zero attached hydrogens (tertiary/aromatic N) is 3. The van der Waals surface area contributed by atoms with Crippen molar-refractivity contribution in [2.75, 3.05) is 17.3 Å². The number of alkyl halides is 1. The van der Waals surface area contributed by atoms with E-state index in [1.54, 1.807) is 17.3 Å². The maximum absolute atomic E-state index is 12.0. The van der Waals surface area contributed by atoms with Crippen LogP contribution < -0.4 is 4.90 Å². The van der Waals surface area contributed by atoms with Crippen LogP contribution in [0.5, 0.6) is 0 Å². The number of carbonyl (C=O) groups excluding carboxylic acids is 1. The summed E-state index contributed by atoms with van der Waals surface area (Å²) in [4.78, 5) is 22.4. The van der Waals surface area contributed by atoms with E-state index < -0.39 is 0 Å². The molecule has 0 radical (unpaired) electrons. The maximum atomic E-state index is 12.0. The summed E-state index contributed by atoms with van der Waals surface area (Å²) >= 11 is 9.38. The Balaban J connectivity index is 2.06. The van der Waals surface area contributed by atoms with Crippen LogP contribution in [0.2, 0.25) is 0 Å². The molecule has 1 aliphatic heterocycles. The minimum absolute atomic E-state index is 0.106. The van der Waals surface area contributed by atoms with Crippen LogP contribution in [0.25, 0.3) is 11.0 Å². The molecule has 98 valence electrons. The Labute approximate surface area is 123 Å². The Morgan fingerprint density at radius 2 is 2.16 bits per heavy atom. The monoisotopic (exact) mass is 339 g/mol. The third-order valence-electron chi connectivity index (χ3n) is 3.27. The van der Waals surface area contributed by atoms with Gasteiger partial charge in [0.1, 0.15) is 5.52 Å². The van der Waals surface area contributed by atoms with Gasteiger partial charge in [0.15, 0.2) is 0 Å². The first-order chi connectivity index (χ1) is 9.20. The molecule has 0 aliphatic carbocycles. The molecule has 4 nitrogen and oxygen atoms in total. The zero-order valence-electron chi connectivity index (χ0n) is 10.0. The number of amides is 1. The summed E-state index contributed by atoms with van der Waals surface area (Å²) < 4.78 is 0.807. The highest BCUT2D eigenvalue weighted by Gasteiger charge is 2.31. The summed E-state index contributed by atoms with van der Waals surface area (Å²) in [7, 11) is 0. The van der Waals surface area contributed by atoms with Crippen molar-refractivity contribution in [3.05, 3.63) is 29.0 Å². The molecule has 2 aromatic rings. The Bertz CT molecular complexity index is 649. The van der Waals surface area contributed by atoms with Crippen molar-refractivity contribution < 1.29 is 4.79 Å². The number of hydrogen-bond acceptors (Lipinski definition) is 3. The standard InChI is InChI=1S/C13H11BrClN3O/c14-12-10(18-7-8(6-15)5-11(18)19)2-1-9-13(12)17-4-3-16-9/h1-4,8H,5-7H2. The first-order valence-corrected chi connectivity index (χ1v) is 7.29. The minimum Gasteiger partial charge on any atom is -0.311 e. The van der Waals surface area contributed by atoms with E-state index in [1.165, 1.54) is 0 Å². The Hall–Kier alpha value is -1.20. The van der Waals surface area contributed by atoms with E-state index in [1.807, 2.05) is 12.1 Å². The molecule has 0 N–H and O–H groups in total. The molecule has 1 amide bonds. The second-order valence-corrected chi connectivity index (χ2v) is 5.65. The molecule has 0 spiro atoms. The van der Waals surface area contributed by atoms with Crippen molar-refractivity contribution >= 4 is 50.2 Å². The van der Waals surface area contributed by atoms with Gasteiger partial charge < -0.3 is 4.90 Å². The van der Waals surface area contributed by atoms with Crippen LogP contribution in [0, 0.1) is 5.92 Å². The number of fused-ring (bicyclic) bond motifs is 1. The van der Waals surface area contributed by atoms with Crippen molar-refractivity contribution in [2.24, 2.45) is 5.92 Å². The van der Waals surface area contributed by atoms with E-state index in [0.29, 0.717) is 18.8 Å². The first kappa shape index (κ1) is 12.8. The third-order valence-corrected chi connectivity index (χ3v) is 4.49. The van der Waals surface area contributed by atoms with Gasteiger partial charge in [0.25, 0.3) is 0 Å². The molecular weight excluding hydrogens is 330 g/mol. The maximum Gasteiger partial charge on any atom is 0.227 e. The predicted octanol–water partition coefficient (Wildman–Crippen LogP) is 2.98. The summed E-state index contributed by atoms with van der Waals surface area (Å²) in [6.07, 6.45) is 3.80. The molecule has 3 rings (SSSR count). The molecule has 1 aromatic heterocycles. The fourth-order valence-corrected chi connectivity index (χ4v) is 3.18. The van der Waals surface area contributed by atoms with E-state index in [0.717, 1.165) is 21.2 Å². The van der Waals surface area contributed by atoms with E-state index >= 15 is 0 Å². The normalized spacial score (nSPS) is 19.4. The summed E-state index contributed by atoms with van der Waals surface area (Å²) in [5.41, 5.74) is 2.41. The fraction of sp³-hybridized carbons (Fsp3) is 0.308. The molecule has 1 atom stereocenters. The lowest BCUT2D eigenvalue weighted by molar-refractivity contribution is -0.117. The molecule has 1 aromatic carbocycles. The van der Waals surface area contributed by atoms with Crippen LogP contribution in [-0.2, 0) is 4.79 Å². The number of aromatic nitrogens is 2. The first-order valence-electron chi connectivity index (χ1n) is 5.96. The van der Waals surface area contributed by atoms with Gasteiger partial charge in [0.2, 0.25) is 5.91 Å². The second-order valence-electron chi connectivity index (χ2n) is 4.55. The molecule has 1 aliphatic rings. The van der Waals surface area contributed by atoms with Crippen molar-refractivity contribution in [3.8, 4) is 0 Å². The van der Waals surface area contributed by atoms with Crippen molar-refractivity contribution in [1.29, 1.82) is 0 Å². The Kier molecular flexibility index (Phi) is 3.41. The van der Waals surface area contributed by atoms with E-state index in [4.69, 9.17) is 11.6 Å². The summed E-state index contributed by atoms with van der Waals surface area (Å²) in [5.74, 6) is 0.834. The highest BCUT2D eigenvalue weighted by Crippen LogP contribution is 2.35. The number of hydrogen-bond donors (Lipinski definition) is 0. The van der Waals surface area contributed by atoms with Gasteiger partial charge in [-0.2, -0.15) is 0 Å². The number of anilines is 1. The highest BCUT2D eigenvalue weighted by molar-refractivity contribution is 9.10. The van der Waals surface area contributed by atoms with Gasteiger partial charge in [-0.25, -0.2) is 0 Å². The van der Waals surface area contributed by atoms with Crippen LogP contribution in [0.3, 0.4) is 0 Å². The molecular formula is C13H11BrClN3O. The number of benzene rings is 1. The van der Waals surface area contributed by atoms with E-state index in [2.05, 4.69) is 25.9 Å². The molecule has 1 fully saturated rings. The molecule has 6 heteroatoms. The quantitative estimate of drug-likeness (QED) is 0.790. The lowest BCUT2D eigenvalue weighted by Crippen LogP contribution is -2.25. The van der Waals surface area contributed by atoms with Gasteiger partial charge in [0, 0.05) is 31.2 Å². The summed E-state index contributed by atoms with van der Waals surface area (Å²) in [5, 5.41) is 0. The van der Waals surface area contributed by atoms with Crippen LogP contribution in [-0.4, -0.2) is 28.3 Å². The molecule has 0 bridgehead atoms. The van der Waals surface area contributed by atoms with Gasteiger partial charge in [-0.15, -0.1) is 11.6 Å². The molecule has 1 saturated heterocycles. The minimum atomic E-state index is 0.106. The molecule has 19 heavy (non-hydrogen) atoms. The smallest absolute Gasteiger partial charge is 0.227 e. The molecule has 0 saturated carbocycles. The lowest BCUT2D eigenvalue weighted by atomic mass is 10.1. The SMILES string of the molecule is O=C1CC(CCl)CN1c1ccc2nccnc2c1Br. The third kappa shape index (κ3) is 2.21. The number of halogens is 2. The topological polar surface area (TPSA) is 46.1 Å². The molecule has 1 unspecified atom stereocenters. The van der Waals surface area contributed by atoms with Crippen LogP contribution in [0.15, 0.2) is 29.0 Å². The van der Waals surface area contributed by atoms with Crippen LogP contribution >= 0.6 is 27.5 Å². The van der Waals surface area contributed by atoms with E-state index in [-0.39, 0.29) is 11.8 Å².